The third-order valence-corrected chi connectivity index (χ3v) is 2.98. The van der Waals surface area contributed by atoms with Gasteiger partial charge in [-0.2, -0.15) is 0 Å². The lowest BCUT2D eigenvalue weighted by Crippen LogP contribution is -2.20. The van der Waals surface area contributed by atoms with Crippen LogP contribution in [0.25, 0.3) is 0 Å². The molecule has 0 aromatic heterocycles. The maximum absolute atomic E-state index is 13.4. The summed E-state index contributed by atoms with van der Waals surface area (Å²) < 4.78 is 13.4. The first-order chi connectivity index (χ1) is 9.47. The molecule has 4 nitrogen and oxygen atoms in total. The van der Waals surface area contributed by atoms with Gasteiger partial charge in [0.15, 0.2) is 0 Å². The highest BCUT2D eigenvalue weighted by Crippen LogP contribution is 2.22. The van der Waals surface area contributed by atoms with Crippen LogP contribution < -0.4 is 16.4 Å². The highest BCUT2D eigenvalue weighted by Gasteiger charge is 2.09. The molecule has 0 fully saturated rings. The largest absolute Gasteiger partial charge is 0.398 e. The number of halogens is 1. The molecule has 0 unspecified atom stereocenters. The van der Waals surface area contributed by atoms with Gasteiger partial charge in [-0.1, -0.05) is 18.2 Å². The molecule has 0 bridgehead atoms. The first-order valence-corrected chi connectivity index (χ1v) is 6.16. The summed E-state index contributed by atoms with van der Waals surface area (Å²) in [5.74, 6) is -0.484. The van der Waals surface area contributed by atoms with Gasteiger partial charge in [0, 0.05) is 11.4 Å². The highest BCUT2D eigenvalue weighted by molar-refractivity contribution is 6.00. The van der Waals surface area contributed by atoms with Crippen LogP contribution in [0.4, 0.5) is 26.2 Å². The third-order valence-electron chi connectivity index (χ3n) is 2.98. The number of hydrogen-bond acceptors (Lipinski definition) is 2. The molecule has 0 spiro atoms. The van der Waals surface area contributed by atoms with Crippen molar-refractivity contribution in [1.82, 2.24) is 0 Å². The zero-order valence-corrected chi connectivity index (χ0v) is 11.3. The van der Waals surface area contributed by atoms with Crippen molar-refractivity contribution in [1.29, 1.82) is 0 Å². The number of para-hydroxylation sites is 1. The Bertz CT molecular complexity index is 656. The number of urea groups is 1. The first-order valence-electron chi connectivity index (χ1n) is 6.16. The molecule has 0 aliphatic carbocycles. The van der Waals surface area contributed by atoms with Crippen LogP contribution in [0.1, 0.15) is 11.1 Å². The van der Waals surface area contributed by atoms with Crippen molar-refractivity contribution in [2.75, 3.05) is 16.4 Å². The van der Waals surface area contributed by atoms with E-state index in [4.69, 9.17) is 5.73 Å². The molecule has 0 heterocycles. The van der Waals surface area contributed by atoms with Gasteiger partial charge < -0.3 is 16.4 Å². The number of carbonyl (C=O) groups is 1. The van der Waals surface area contributed by atoms with Gasteiger partial charge in [0.1, 0.15) is 5.82 Å². The minimum Gasteiger partial charge on any atom is -0.398 e. The van der Waals surface area contributed by atoms with E-state index in [1.165, 1.54) is 12.1 Å². The monoisotopic (exact) mass is 273 g/mol. The second kappa shape index (κ2) is 5.61. The Hall–Kier alpha value is -2.56. The topological polar surface area (TPSA) is 67.2 Å². The maximum atomic E-state index is 13.4. The van der Waals surface area contributed by atoms with Gasteiger partial charge in [-0.3, -0.25) is 0 Å². The number of rotatable bonds is 2. The summed E-state index contributed by atoms with van der Waals surface area (Å²) in [6.07, 6.45) is 0. The number of aryl methyl sites for hydroxylation is 2. The second-order valence-electron chi connectivity index (χ2n) is 4.58. The van der Waals surface area contributed by atoms with Crippen molar-refractivity contribution < 1.29 is 9.18 Å². The molecule has 2 amide bonds. The third kappa shape index (κ3) is 3.06. The van der Waals surface area contributed by atoms with Crippen LogP contribution in [0.2, 0.25) is 0 Å². The summed E-state index contributed by atoms with van der Waals surface area (Å²) in [4.78, 5) is 11.9. The molecular formula is C15H16FN3O. The van der Waals surface area contributed by atoms with E-state index < -0.39 is 11.8 Å². The lowest BCUT2D eigenvalue weighted by molar-refractivity contribution is 0.262. The van der Waals surface area contributed by atoms with Gasteiger partial charge in [0.25, 0.3) is 0 Å². The summed E-state index contributed by atoms with van der Waals surface area (Å²) in [6.45, 7) is 3.76. The number of benzene rings is 2. The fourth-order valence-electron chi connectivity index (χ4n) is 1.84. The van der Waals surface area contributed by atoms with E-state index >= 15 is 0 Å². The van der Waals surface area contributed by atoms with E-state index in [2.05, 4.69) is 10.6 Å². The molecule has 0 aliphatic rings. The SMILES string of the molecule is Cc1cc(C)c(NC(=O)Nc2ccccc2F)cc1N. The minimum absolute atomic E-state index is 0.128. The molecule has 4 N–H and O–H groups in total. The van der Waals surface area contributed by atoms with E-state index in [9.17, 15) is 9.18 Å². The Morgan fingerprint density at radius 2 is 1.70 bits per heavy atom. The fraction of sp³-hybridized carbons (Fsp3) is 0.133. The van der Waals surface area contributed by atoms with Crippen molar-refractivity contribution in [3.8, 4) is 0 Å². The minimum atomic E-state index is -0.513. The Morgan fingerprint density at radius 1 is 1.05 bits per heavy atom. The zero-order valence-electron chi connectivity index (χ0n) is 11.3. The smallest absolute Gasteiger partial charge is 0.323 e. The Labute approximate surface area is 116 Å². The van der Waals surface area contributed by atoms with Crippen LogP contribution in [0.15, 0.2) is 36.4 Å². The van der Waals surface area contributed by atoms with Gasteiger partial charge in [-0.15, -0.1) is 0 Å². The van der Waals surface area contributed by atoms with E-state index in [1.54, 1.807) is 18.2 Å². The average molecular weight is 273 g/mol. The van der Waals surface area contributed by atoms with Crippen LogP contribution >= 0.6 is 0 Å². The zero-order chi connectivity index (χ0) is 14.7. The summed E-state index contributed by atoms with van der Waals surface area (Å²) in [6, 6.07) is 9.04. The van der Waals surface area contributed by atoms with E-state index in [0.717, 1.165) is 11.1 Å². The fourth-order valence-corrected chi connectivity index (χ4v) is 1.84. The number of carbonyl (C=O) groups excluding carboxylic acids is 1. The second-order valence-corrected chi connectivity index (χ2v) is 4.58. The molecule has 0 atom stereocenters. The van der Waals surface area contributed by atoms with E-state index in [-0.39, 0.29) is 5.69 Å². The lowest BCUT2D eigenvalue weighted by Gasteiger charge is -2.12. The summed E-state index contributed by atoms with van der Waals surface area (Å²) >= 11 is 0. The summed E-state index contributed by atoms with van der Waals surface area (Å²) in [5, 5.41) is 5.11. The molecule has 2 rings (SSSR count). The van der Waals surface area contributed by atoms with Crippen LogP contribution in [0.3, 0.4) is 0 Å². The molecule has 2 aromatic rings. The molecule has 0 radical (unpaired) electrons. The molecule has 2 aromatic carbocycles. The molecule has 0 saturated carbocycles. The number of nitrogen functional groups attached to an aromatic ring is 1. The Kier molecular flexibility index (Phi) is 3.89. The van der Waals surface area contributed by atoms with Crippen molar-refractivity contribution in [3.05, 3.63) is 53.3 Å². The van der Waals surface area contributed by atoms with Crippen molar-refractivity contribution in [2.45, 2.75) is 13.8 Å². The van der Waals surface area contributed by atoms with Crippen molar-refractivity contribution in [3.63, 3.8) is 0 Å². The number of anilines is 3. The number of amides is 2. The van der Waals surface area contributed by atoms with Crippen LogP contribution in [-0.2, 0) is 0 Å². The maximum Gasteiger partial charge on any atom is 0.323 e. The van der Waals surface area contributed by atoms with Gasteiger partial charge in [-0.25, -0.2) is 9.18 Å². The van der Waals surface area contributed by atoms with Crippen LogP contribution in [0.5, 0.6) is 0 Å². The van der Waals surface area contributed by atoms with Crippen LogP contribution in [-0.4, -0.2) is 6.03 Å². The molecular weight excluding hydrogens is 257 g/mol. The lowest BCUT2D eigenvalue weighted by atomic mass is 10.1. The predicted octanol–water partition coefficient (Wildman–Crippen LogP) is 3.67. The Morgan fingerprint density at radius 3 is 2.40 bits per heavy atom. The first kappa shape index (κ1) is 13.9. The van der Waals surface area contributed by atoms with Crippen molar-refractivity contribution >= 4 is 23.1 Å². The van der Waals surface area contributed by atoms with Crippen molar-refractivity contribution in [2.24, 2.45) is 0 Å². The molecule has 0 aliphatic heterocycles. The molecule has 104 valence electrons. The average Bonchev–Trinajstić information content (AvgIpc) is 2.39. The summed E-state index contributed by atoms with van der Waals surface area (Å²) in [5.41, 5.74) is 8.97. The van der Waals surface area contributed by atoms with Gasteiger partial charge in [0.05, 0.1) is 5.69 Å². The quantitative estimate of drug-likeness (QED) is 0.731. The van der Waals surface area contributed by atoms with Crippen LogP contribution in [0, 0.1) is 19.7 Å². The number of nitrogens with two attached hydrogens (primary N) is 1. The van der Waals surface area contributed by atoms with E-state index in [0.29, 0.717) is 11.4 Å². The highest BCUT2D eigenvalue weighted by atomic mass is 19.1. The Balaban J connectivity index is 2.13. The number of hydrogen-bond donors (Lipinski definition) is 3. The normalized spacial score (nSPS) is 10.2. The van der Waals surface area contributed by atoms with Gasteiger partial charge in [0.2, 0.25) is 0 Å². The molecule has 0 saturated heterocycles. The standard InChI is InChI=1S/C15H16FN3O/c1-9-7-10(2)14(8-12(9)17)19-15(20)18-13-6-4-3-5-11(13)16/h3-8H,17H2,1-2H3,(H2,18,19,20). The predicted molar refractivity (Wildman–Crippen MR) is 79.4 cm³/mol. The van der Waals surface area contributed by atoms with E-state index in [1.807, 2.05) is 19.9 Å². The van der Waals surface area contributed by atoms with Gasteiger partial charge in [-0.05, 0) is 43.2 Å². The van der Waals surface area contributed by atoms with Gasteiger partial charge >= 0.3 is 6.03 Å². The molecule has 20 heavy (non-hydrogen) atoms. The molecule has 5 heteroatoms. The number of nitrogens with one attached hydrogen (secondary N) is 2. The summed E-state index contributed by atoms with van der Waals surface area (Å²) in [7, 11) is 0.